The fourth-order valence-electron chi connectivity index (χ4n) is 0.584. The third-order valence-electron chi connectivity index (χ3n) is 1.08. The predicted octanol–water partition coefficient (Wildman–Crippen LogP) is 2.46. The normalized spacial score (nSPS) is 9.78. The summed E-state index contributed by atoms with van der Waals surface area (Å²) in [5.41, 5.74) is 0. The highest BCUT2D eigenvalue weighted by molar-refractivity contribution is 4.83. The van der Waals surface area contributed by atoms with Crippen LogP contribution in [0.1, 0.15) is 25.7 Å². The number of hydrogen-bond acceptors (Lipinski definition) is 1. The van der Waals surface area contributed by atoms with E-state index in [2.05, 4.69) is 13.0 Å². The first-order valence-corrected chi connectivity index (χ1v) is 3.23. The molecule has 0 atom stereocenters. The molecule has 0 saturated heterocycles. The first kappa shape index (κ1) is 8.23. The second-order valence-electron chi connectivity index (χ2n) is 1.88. The van der Waals surface area contributed by atoms with Gasteiger partial charge in [0, 0.05) is 6.42 Å². The Labute approximate surface area is 57.0 Å². The fourth-order valence-corrected chi connectivity index (χ4v) is 0.584. The molecule has 0 fully saturated rings. The van der Waals surface area contributed by atoms with E-state index in [1.807, 2.05) is 6.08 Å². The van der Waals surface area contributed by atoms with Crippen LogP contribution in [0.3, 0.4) is 0 Å². The first-order valence-electron chi connectivity index (χ1n) is 3.23. The Morgan fingerprint density at radius 3 is 2.78 bits per heavy atom. The molecule has 0 aromatic rings. The van der Waals surface area contributed by atoms with Crippen molar-refractivity contribution in [1.29, 1.82) is 5.26 Å². The molecule has 0 aliphatic rings. The van der Waals surface area contributed by atoms with E-state index in [0.717, 1.165) is 19.3 Å². The highest BCUT2D eigenvalue weighted by Crippen LogP contribution is 1.98. The zero-order valence-corrected chi connectivity index (χ0v) is 5.64. The van der Waals surface area contributed by atoms with Crippen molar-refractivity contribution in [2.24, 2.45) is 0 Å². The summed E-state index contributed by atoms with van der Waals surface area (Å²) in [4.78, 5) is 0. The molecule has 0 N–H and O–H groups in total. The molecule has 0 aliphatic heterocycles. The van der Waals surface area contributed by atoms with E-state index in [9.17, 15) is 0 Å². The lowest BCUT2D eigenvalue weighted by molar-refractivity contribution is 0.768. The van der Waals surface area contributed by atoms with E-state index < -0.39 is 0 Å². The molecule has 0 spiro atoms. The molecule has 0 unspecified atom stereocenters. The van der Waals surface area contributed by atoms with Gasteiger partial charge < -0.3 is 0 Å². The van der Waals surface area contributed by atoms with E-state index >= 15 is 0 Å². The Kier molecular flexibility index (Phi) is 6.61. The molecule has 0 bridgehead atoms. The average molecular weight is 122 g/mol. The molecule has 0 aliphatic carbocycles. The third-order valence-corrected chi connectivity index (χ3v) is 1.08. The Morgan fingerprint density at radius 1 is 1.44 bits per heavy atom. The smallest absolute Gasteiger partial charge is 0.0621 e. The van der Waals surface area contributed by atoms with Crippen molar-refractivity contribution in [1.82, 2.24) is 0 Å². The van der Waals surface area contributed by atoms with Gasteiger partial charge in [-0.05, 0) is 26.2 Å². The van der Waals surface area contributed by atoms with Crippen LogP contribution >= 0.6 is 0 Å². The predicted molar refractivity (Wildman–Crippen MR) is 38.6 cm³/mol. The molecule has 0 aromatic heterocycles. The van der Waals surface area contributed by atoms with E-state index in [-0.39, 0.29) is 0 Å². The van der Waals surface area contributed by atoms with Gasteiger partial charge in [0.15, 0.2) is 0 Å². The van der Waals surface area contributed by atoms with Gasteiger partial charge in [-0.25, -0.2) is 0 Å². The molecule has 0 heterocycles. The molecule has 0 rings (SSSR count). The summed E-state index contributed by atoms with van der Waals surface area (Å²) in [6.07, 6.45) is 7.69. The van der Waals surface area contributed by atoms with Crippen molar-refractivity contribution >= 4 is 0 Å². The summed E-state index contributed by atoms with van der Waals surface area (Å²) < 4.78 is 0. The summed E-state index contributed by atoms with van der Waals surface area (Å²) in [6.45, 7) is 3.56. The standard InChI is InChI=1S/C8H12N/c1-2-3-4-5-6-7-8-9/h2-3H,1,4-7H2. The van der Waals surface area contributed by atoms with Gasteiger partial charge in [-0.2, -0.15) is 5.26 Å². The van der Waals surface area contributed by atoms with Gasteiger partial charge in [0.05, 0.1) is 6.07 Å². The van der Waals surface area contributed by atoms with Crippen LogP contribution in [0.4, 0.5) is 0 Å². The number of rotatable bonds is 4. The summed E-state index contributed by atoms with van der Waals surface area (Å²) >= 11 is 0. The third kappa shape index (κ3) is 7.23. The summed E-state index contributed by atoms with van der Waals surface area (Å²) in [5.74, 6) is 0. The van der Waals surface area contributed by atoms with Gasteiger partial charge in [0.2, 0.25) is 0 Å². The van der Waals surface area contributed by atoms with Crippen molar-refractivity contribution < 1.29 is 0 Å². The summed E-state index contributed by atoms with van der Waals surface area (Å²) in [6, 6.07) is 2.10. The molecule has 0 aromatic carbocycles. The lowest BCUT2D eigenvalue weighted by atomic mass is 10.2. The molecule has 1 radical (unpaired) electrons. The second kappa shape index (κ2) is 7.23. The van der Waals surface area contributed by atoms with E-state index in [4.69, 9.17) is 5.26 Å². The number of hydrogen-bond donors (Lipinski definition) is 0. The SMILES string of the molecule is [CH2]C=CCCCCC#N. The minimum Gasteiger partial charge on any atom is -0.198 e. The summed E-state index contributed by atoms with van der Waals surface area (Å²) in [5, 5.41) is 8.14. The fraction of sp³-hybridized carbons (Fsp3) is 0.500. The van der Waals surface area contributed by atoms with Gasteiger partial charge in [0.1, 0.15) is 0 Å². The van der Waals surface area contributed by atoms with Crippen LogP contribution in [0.5, 0.6) is 0 Å². The minimum atomic E-state index is 0.685. The van der Waals surface area contributed by atoms with Gasteiger partial charge in [-0.3, -0.25) is 0 Å². The maximum atomic E-state index is 8.14. The minimum absolute atomic E-state index is 0.685. The van der Waals surface area contributed by atoms with E-state index in [1.165, 1.54) is 0 Å². The molecular weight excluding hydrogens is 110 g/mol. The van der Waals surface area contributed by atoms with E-state index in [1.54, 1.807) is 6.08 Å². The Morgan fingerprint density at radius 2 is 2.22 bits per heavy atom. The largest absolute Gasteiger partial charge is 0.198 e. The van der Waals surface area contributed by atoms with Crippen LogP contribution in [-0.4, -0.2) is 0 Å². The lowest BCUT2D eigenvalue weighted by Gasteiger charge is -1.87. The Bertz CT molecular complexity index is 108. The van der Waals surface area contributed by atoms with Crippen molar-refractivity contribution in [2.45, 2.75) is 25.7 Å². The van der Waals surface area contributed by atoms with Gasteiger partial charge in [-0.15, -0.1) is 0 Å². The van der Waals surface area contributed by atoms with Crippen LogP contribution in [0.2, 0.25) is 0 Å². The summed E-state index contributed by atoms with van der Waals surface area (Å²) in [7, 11) is 0. The monoisotopic (exact) mass is 122 g/mol. The number of nitriles is 1. The van der Waals surface area contributed by atoms with Crippen molar-refractivity contribution in [2.75, 3.05) is 0 Å². The number of unbranched alkanes of at least 4 members (excludes halogenated alkanes) is 3. The van der Waals surface area contributed by atoms with Crippen LogP contribution in [0.25, 0.3) is 0 Å². The maximum Gasteiger partial charge on any atom is 0.0621 e. The average Bonchev–Trinajstić information content (AvgIpc) is 1.89. The first-order chi connectivity index (χ1) is 4.41. The van der Waals surface area contributed by atoms with Gasteiger partial charge >= 0.3 is 0 Å². The lowest BCUT2D eigenvalue weighted by Crippen LogP contribution is -1.70. The van der Waals surface area contributed by atoms with Gasteiger partial charge in [0.25, 0.3) is 0 Å². The Hall–Kier alpha value is -0.770. The molecule has 0 amide bonds. The van der Waals surface area contributed by atoms with Crippen LogP contribution in [0, 0.1) is 18.3 Å². The topological polar surface area (TPSA) is 23.8 Å². The van der Waals surface area contributed by atoms with Crippen LogP contribution in [-0.2, 0) is 0 Å². The zero-order valence-electron chi connectivity index (χ0n) is 5.64. The molecule has 9 heavy (non-hydrogen) atoms. The quantitative estimate of drug-likeness (QED) is 0.525. The van der Waals surface area contributed by atoms with Crippen molar-refractivity contribution in [3.8, 4) is 6.07 Å². The van der Waals surface area contributed by atoms with Crippen molar-refractivity contribution in [3.05, 3.63) is 19.1 Å². The number of allylic oxidation sites excluding steroid dienone is 2. The highest BCUT2D eigenvalue weighted by Gasteiger charge is 1.82. The highest BCUT2D eigenvalue weighted by atomic mass is 14.2. The van der Waals surface area contributed by atoms with Crippen LogP contribution in [0.15, 0.2) is 12.2 Å². The molecule has 1 nitrogen and oxygen atoms in total. The van der Waals surface area contributed by atoms with Crippen molar-refractivity contribution in [3.63, 3.8) is 0 Å². The second-order valence-corrected chi connectivity index (χ2v) is 1.88. The molecular formula is C8H12N. The molecule has 49 valence electrons. The van der Waals surface area contributed by atoms with Gasteiger partial charge in [-0.1, -0.05) is 12.2 Å². The molecule has 1 heteroatoms. The number of nitrogens with zero attached hydrogens (tertiary/aromatic N) is 1. The van der Waals surface area contributed by atoms with Crippen LogP contribution < -0.4 is 0 Å². The maximum absolute atomic E-state index is 8.14. The zero-order chi connectivity index (χ0) is 6.95. The van der Waals surface area contributed by atoms with E-state index in [0.29, 0.717) is 6.42 Å². The Balaban J connectivity index is 2.85. The molecule has 0 saturated carbocycles.